The minimum absolute atomic E-state index is 0.0942. The van der Waals surface area contributed by atoms with Gasteiger partial charge in [-0.3, -0.25) is 0 Å². The van der Waals surface area contributed by atoms with Gasteiger partial charge in [0.25, 0.3) is 0 Å². The molecule has 0 N–H and O–H groups in total. The smallest absolute Gasteiger partial charge is 0.211 e. The van der Waals surface area contributed by atoms with Gasteiger partial charge in [-0.25, -0.2) is 4.79 Å². The number of carbonyl (C=O) groups excluding carboxylic acids is 1. The summed E-state index contributed by atoms with van der Waals surface area (Å²) in [6.07, 6.45) is 3.78. The molecule has 68 valence electrons. The monoisotopic (exact) mass is 167 g/mol. The van der Waals surface area contributed by atoms with E-state index >= 15 is 0 Å². The van der Waals surface area contributed by atoms with Crippen LogP contribution in [-0.4, -0.2) is 11.6 Å². The summed E-state index contributed by atoms with van der Waals surface area (Å²) in [6.45, 7) is 8.61. The van der Waals surface area contributed by atoms with Crippen LogP contribution >= 0.6 is 0 Å². The number of hydrogen-bond acceptors (Lipinski definition) is 2. The summed E-state index contributed by atoms with van der Waals surface area (Å²) in [5, 5.41) is 0. The minimum atomic E-state index is -0.117. The van der Waals surface area contributed by atoms with Gasteiger partial charge in [0.15, 0.2) is 0 Å². The lowest BCUT2D eigenvalue weighted by Crippen LogP contribution is -2.51. The van der Waals surface area contributed by atoms with Crippen LogP contribution in [0.15, 0.2) is 4.99 Å². The highest BCUT2D eigenvalue weighted by Gasteiger charge is 2.50. The van der Waals surface area contributed by atoms with Gasteiger partial charge in [-0.15, -0.1) is 0 Å². The maximum absolute atomic E-state index is 10.3. The molecule has 0 saturated heterocycles. The molecule has 1 saturated carbocycles. The summed E-state index contributed by atoms with van der Waals surface area (Å²) in [6, 6.07) is 0. The highest BCUT2D eigenvalue weighted by molar-refractivity contribution is 5.36. The van der Waals surface area contributed by atoms with Crippen molar-refractivity contribution in [3.63, 3.8) is 0 Å². The Kier molecular flexibility index (Phi) is 2.13. The molecule has 0 atom stereocenters. The molecule has 0 amide bonds. The molecule has 0 unspecified atom stereocenters. The Bertz CT molecular complexity index is 214. The fourth-order valence-corrected chi connectivity index (χ4v) is 2.05. The standard InChI is InChI=1S/C10H17NO/c1-8-5-10(6-8,11-7-12)9(2,3)4/h8H,5-6H2,1-4H3. The van der Waals surface area contributed by atoms with E-state index in [0.29, 0.717) is 5.92 Å². The van der Waals surface area contributed by atoms with Crippen molar-refractivity contribution in [1.29, 1.82) is 0 Å². The minimum Gasteiger partial charge on any atom is -0.211 e. The molecule has 1 fully saturated rings. The first kappa shape index (κ1) is 9.47. The summed E-state index contributed by atoms with van der Waals surface area (Å²) in [5.41, 5.74) is -0.0227. The summed E-state index contributed by atoms with van der Waals surface area (Å²) in [4.78, 5) is 14.3. The zero-order valence-corrected chi connectivity index (χ0v) is 8.35. The van der Waals surface area contributed by atoms with Crippen molar-refractivity contribution in [1.82, 2.24) is 0 Å². The Hall–Kier alpha value is -0.620. The summed E-state index contributed by atoms with van der Waals surface area (Å²) < 4.78 is 0. The van der Waals surface area contributed by atoms with E-state index in [4.69, 9.17) is 0 Å². The molecule has 0 radical (unpaired) electrons. The number of hydrogen-bond donors (Lipinski definition) is 0. The first-order valence-electron chi connectivity index (χ1n) is 4.50. The predicted octanol–water partition coefficient (Wildman–Crippen LogP) is 2.54. The van der Waals surface area contributed by atoms with Crippen molar-refractivity contribution < 1.29 is 4.79 Å². The Balaban J connectivity index is 2.84. The molecule has 2 heteroatoms. The van der Waals surface area contributed by atoms with E-state index in [0.717, 1.165) is 12.8 Å². The van der Waals surface area contributed by atoms with E-state index in [1.807, 2.05) is 0 Å². The fraction of sp³-hybridized carbons (Fsp3) is 0.900. The van der Waals surface area contributed by atoms with Crippen LogP contribution in [0.1, 0.15) is 40.5 Å². The molecule has 1 rings (SSSR count). The molecule has 1 aliphatic rings. The van der Waals surface area contributed by atoms with Crippen LogP contribution in [0.2, 0.25) is 0 Å². The average Bonchev–Trinajstić information content (AvgIpc) is 1.81. The van der Waals surface area contributed by atoms with Gasteiger partial charge in [-0.05, 0) is 24.2 Å². The van der Waals surface area contributed by atoms with Crippen LogP contribution < -0.4 is 0 Å². The van der Waals surface area contributed by atoms with Crippen molar-refractivity contribution in [2.75, 3.05) is 0 Å². The molecular formula is C10H17NO. The highest BCUT2D eigenvalue weighted by atomic mass is 16.1. The van der Waals surface area contributed by atoms with Crippen LogP contribution in [0.25, 0.3) is 0 Å². The van der Waals surface area contributed by atoms with Crippen LogP contribution in [0, 0.1) is 11.3 Å². The molecule has 0 aromatic carbocycles. The third-order valence-electron chi connectivity index (χ3n) is 3.03. The second kappa shape index (κ2) is 2.70. The van der Waals surface area contributed by atoms with Crippen LogP contribution in [0.5, 0.6) is 0 Å². The van der Waals surface area contributed by atoms with Gasteiger partial charge >= 0.3 is 0 Å². The van der Waals surface area contributed by atoms with Gasteiger partial charge < -0.3 is 0 Å². The molecule has 0 aromatic rings. The van der Waals surface area contributed by atoms with Gasteiger partial charge in [-0.2, -0.15) is 4.99 Å². The second-order valence-electron chi connectivity index (χ2n) is 5.00. The summed E-state index contributed by atoms with van der Waals surface area (Å²) in [5.74, 6) is 0.710. The molecule has 0 bridgehead atoms. The molecule has 0 heterocycles. The van der Waals surface area contributed by atoms with E-state index < -0.39 is 0 Å². The topological polar surface area (TPSA) is 29.4 Å². The Labute approximate surface area is 74.1 Å². The zero-order valence-electron chi connectivity index (χ0n) is 8.35. The second-order valence-corrected chi connectivity index (χ2v) is 5.00. The summed E-state index contributed by atoms with van der Waals surface area (Å²) >= 11 is 0. The van der Waals surface area contributed by atoms with Gasteiger partial charge in [0.05, 0.1) is 5.54 Å². The Morgan fingerprint density at radius 2 is 1.92 bits per heavy atom. The van der Waals surface area contributed by atoms with Gasteiger partial charge in [0, 0.05) is 0 Å². The lowest BCUT2D eigenvalue weighted by atomic mass is 9.57. The maximum atomic E-state index is 10.3. The van der Waals surface area contributed by atoms with Crippen molar-refractivity contribution in [2.24, 2.45) is 16.3 Å². The molecule has 0 spiro atoms. The quantitative estimate of drug-likeness (QED) is 0.436. The van der Waals surface area contributed by atoms with Gasteiger partial charge in [0.1, 0.15) is 0 Å². The van der Waals surface area contributed by atoms with E-state index in [1.165, 1.54) is 0 Å². The molecule has 2 nitrogen and oxygen atoms in total. The Morgan fingerprint density at radius 3 is 2.17 bits per heavy atom. The van der Waals surface area contributed by atoms with Crippen LogP contribution in [0.4, 0.5) is 0 Å². The first-order chi connectivity index (χ1) is 5.41. The van der Waals surface area contributed by atoms with Crippen molar-refractivity contribution >= 4 is 6.08 Å². The zero-order chi connectivity index (χ0) is 9.41. The van der Waals surface area contributed by atoms with Gasteiger partial charge in [0.2, 0.25) is 6.08 Å². The molecule has 0 aromatic heterocycles. The normalized spacial score (nSPS) is 35.2. The van der Waals surface area contributed by atoms with E-state index in [1.54, 1.807) is 6.08 Å². The third-order valence-corrected chi connectivity index (χ3v) is 3.03. The number of nitrogens with zero attached hydrogens (tertiary/aromatic N) is 1. The van der Waals surface area contributed by atoms with Crippen molar-refractivity contribution in [3.05, 3.63) is 0 Å². The number of aliphatic imine (C=N–C) groups is 1. The maximum Gasteiger partial charge on any atom is 0.235 e. The fourth-order valence-electron chi connectivity index (χ4n) is 2.05. The van der Waals surface area contributed by atoms with E-state index in [2.05, 4.69) is 32.7 Å². The first-order valence-corrected chi connectivity index (χ1v) is 4.50. The lowest BCUT2D eigenvalue weighted by molar-refractivity contribution is 0.0483. The van der Waals surface area contributed by atoms with E-state index in [-0.39, 0.29) is 11.0 Å². The number of rotatable bonds is 1. The van der Waals surface area contributed by atoms with E-state index in [9.17, 15) is 4.79 Å². The molecular weight excluding hydrogens is 150 g/mol. The van der Waals surface area contributed by atoms with Crippen molar-refractivity contribution in [3.8, 4) is 0 Å². The van der Waals surface area contributed by atoms with Crippen molar-refractivity contribution in [2.45, 2.75) is 46.1 Å². The molecule has 12 heavy (non-hydrogen) atoms. The lowest BCUT2D eigenvalue weighted by Gasteiger charge is -2.51. The predicted molar refractivity (Wildman–Crippen MR) is 48.7 cm³/mol. The average molecular weight is 167 g/mol. The Morgan fingerprint density at radius 1 is 1.42 bits per heavy atom. The highest BCUT2D eigenvalue weighted by Crippen LogP contribution is 2.51. The number of isocyanates is 1. The molecule has 1 aliphatic carbocycles. The SMILES string of the molecule is CC1CC(N=C=O)(C(C)(C)C)C1. The largest absolute Gasteiger partial charge is 0.235 e. The van der Waals surface area contributed by atoms with Gasteiger partial charge in [-0.1, -0.05) is 27.7 Å². The van der Waals surface area contributed by atoms with Crippen LogP contribution in [-0.2, 0) is 4.79 Å². The third kappa shape index (κ3) is 1.32. The summed E-state index contributed by atoms with van der Waals surface area (Å²) in [7, 11) is 0. The molecule has 0 aliphatic heterocycles. The van der Waals surface area contributed by atoms with Crippen LogP contribution in [0.3, 0.4) is 0 Å².